The predicted molar refractivity (Wildman–Crippen MR) is 139 cm³/mol. The van der Waals surface area contributed by atoms with E-state index in [1.54, 1.807) is 13.1 Å². The van der Waals surface area contributed by atoms with Gasteiger partial charge in [0.15, 0.2) is 0 Å². The van der Waals surface area contributed by atoms with E-state index in [1.807, 2.05) is 19.9 Å². The fourth-order valence-corrected chi connectivity index (χ4v) is 4.56. The Balaban J connectivity index is 2.10. The maximum Gasteiger partial charge on any atom is 0.275 e. The van der Waals surface area contributed by atoms with Crippen LogP contribution in [-0.4, -0.2) is 33.3 Å². The minimum atomic E-state index is -2.40. The second-order valence-corrected chi connectivity index (χ2v) is 9.87. The third-order valence-corrected chi connectivity index (χ3v) is 6.42. The van der Waals surface area contributed by atoms with Gasteiger partial charge in [0.2, 0.25) is 0 Å². The van der Waals surface area contributed by atoms with Crippen molar-refractivity contribution < 1.29 is 10.2 Å². The summed E-state index contributed by atoms with van der Waals surface area (Å²) in [7, 11) is 1.68. The minimum absolute atomic E-state index is 0.244. The molecule has 1 aliphatic rings. The van der Waals surface area contributed by atoms with Crippen molar-refractivity contribution >= 4 is 17.3 Å². The van der Waals surface area contributed by atoms with E-state index in [0.717, 1.165) is 36.9 Å². The third-order valence-electron chi connectivity index (χ3n) is 6.27. The van der Waals surface area contributed by atoms with Crippen molar-refractivity contribution in [1.29, 1.82) is 5.41 Å². The van der Waals surface area contributed by atoms with E-state index in [4.69, 9.17) is 22.0 Å². The Morgan fingerprint density at radius 3 is 2.38 bits per heavy atom. The summed E-state index contributed by atoms with van der Waals surface area (Å²) in [5.41, 5.74) is 6.34. The number of nitrogens with one attached hydrogen (secondary N) is 3. The summed E-state index contributed by atoms with van der Waals surface area (Å²) in [6.45, 7) is 7.98. The number of pyridine rings is 1. The molecule has 1 aromatic carbocycles. The van der Waals surface area contributed by atoms with Gasteiger partial charge in [-0.2, -0.15) is 0 Å². The molecule has 34 heavy (non-hydrogen) atoms. The molecule has 0 bridgehead atoms. The van der Waals surface area contributed by atoms with E-state index < -0.39 is 5.91 Å². The largest absolute Gasteiger partial charge is 0.375 e. The molecule has 1 saturated carbocycles. The van der Waals surface area contributed by atoms with Crippen molar-refractivity contribution in [3.8, 4) is 11.3 Å². The predicted octanol–water partition coefficient (Wildman–Crippen LogP) is 4.53. The number of halogens is 1. The Labute approximate surface area is 208 Å². The molecular formula is C27H37ClN4O2. The highest BCUT2D eigenvalue weighted by molar-refractivity contribution is 6.20. The number of allylic oxidation sites excluding steroid dienone is 1. The summed E-state index contributed by atoms with van der Waals surface area (Å²) in [6.07, 6.45) is 5.74. The first kappa shape index (κ1) is 26.2. The van der Waals surface area contributed by atoms with Gasteiger partial charge >= 0.3 is 0 Å². The van der Waals surface area contributed by atoms with Crippen LogP contribution in [0.3, 0.4) is 0 Å². The second kappa shape index (κ2) is 10.9. The standard InChI is InChI=1S/C27H37ClN4O2/c1-6-18-9-8-10-19(7-2)25(18)22-13-16(3)26(23(31-22)14-17(4)28)27(33,34)32-24(30-5)15-21(29)20-11-12-20/h8-10,13,15,17,20,29-30,32-34H,6-7,11-12,14H2,1-5H3/b24-15+,29-21?. The Kier molecular flexibility index (Phi) is 8.39. The molecule has 5 N–H and O–H groups in total. The average Bonchev–Trinajstić information content (AvgIpc) is 3.62. The molecule has 0 spiro atoms. The van der Waals surface area contributed by atoms with Crippen LogP contribution in [0.25, 0.3) is 11.3 Å². The van der Waals surface area contributed by atoms with Gasteiger partial charge in [0.25, 0.3) is 5.91 Å². The lowest BCUT2D eigenvalue weighted by Gasteiger charge is -2.30. The fourth-order valence-electron chi connectivity index (χ4n) is 4.42. The summed E-state index contributed by atoms with van der Waals surface area (Å²) in [6, 6.07) is 8.23. The van der Waals surface area contributed by atoms with E-state index >= 15 is 0 Å². The van der Waals surface area contributed by atoms with Crippen LogP contribution >= 0.6 is 11.6 Å². The number of benzene rings is 1. The lowest BCUT2D eigenvalue weighted by molar-refractivity contribution is -0.190. The van der Waals surface area contributed by atoms with Crippen molar-refractivity contribution in [1.82, 2.24) is 15.6 Å². The van der Waals surface area contributed by atoms with Gasteiger partial charge in [-0.1, -0.05) is 32.0 Å². The van der Waals surface area contributed by atoms with Crippen LogP contribution in [0, 0.1) is 18.3 Å². The number of hydrogen-bond acceptors (Lipinski definition) is 6. The van der Waals surface area contributed by atoms with Crippen molar-refractivity contribution in [3.05, 3.63) is 64.1 Å². The molecule has 1 unspecified atom stereocenters. The number of rotatable bonds is 11. The SMILES string of the molecule is CCc1cccc(CC)c1-c1cc(C)c(C(O)(O)N/C(=C/C(=N)C2CC2)NC)c(CC(C)Cl)n1. The van der Waals surface area contributed by atoms with Gasteiger partial charge in [0, 0.05) is 36.0 Å². The molecule has 1 aliphatic carbocycles. The highest BCUT2D eigenvalue weighted by Crippen LogP contribution is 2.34. The summed E-state index contributed by atoms with van der Waals surface area (Å²) < 4.78 is 0. The Hall–Kier alpha value is -2.41. The molecule has 0 saturated heterocycles. The second-order valence-electron chi connectivity index (χ2n) is 9.12. The maximum atomic E-state index is 11.2. The van der Waals surface area contributed by atoms with Crippen LogP contribution in [0.2, 0.25) is 0 Å². The molecule has 184 valence electrons. The van der Waals surface area contributed by atoms with E-state index in [-0.39, 0.29) is 16.9 Å². The zero-order valence-electron chi connectivity index (χ0n) is 20.8. The van der Waals surface area contributed by atoms with E-state index in [0.29, 0.717) is 29.2 Å². The molecule has 2 aromatic rings. The van der Waals surface area contributed by atoms with Gasteiger partial charge in [-0.05, 0) is 68.4 Å². The van der Waals surface area contributed by atoms with Crippen molar-refractivity contribution in [2.75, 3.05) is 7.05 Å². The molecule has 1 heterocycles. The van der Waals surface area contributed by atoms with Gasteiger partial charge in [-0.15, -0.1) is 11.6 Å². The number of aromatic nitrogens is 1. The average molecular weight is 485 g/mol. The first-order valence-electron chi connectivity index (χ1n) is 12.1. The molecule has 6 nitrogen and oxygen atoms in total. The molecule has 1 aromatic heterocycles. The highest BCUT2D eigenvalue weighted by atomic mass is 35.5. The minimum Gasteiger partial charge on any atom is -0.375 e. The Morgan fingerprint density at radius 2 is 1.88 bits per heavy atom. The summed E-state index contributed by atoms with van der Waals surface area (Å²) in [5.74, 6) is -1.79. The topological polar surface area (TPSA) is 101 Å². The number of nitrogens with zero attached hydrogens (tertiary/aromatic N) is 1. The summed E-state index contributed by atoms with van der Waals surface area (Å²) >= 11 is 6.37. The van der Waals surface area contributed by atoms with Gasteiger partial charge in [0.1, 0.15) is 5.82 Å². The number of alkyl halides is 1. The number of hydrogen-bond donors (Lipinski definition) is 5. The van der Waals surface area contributed by atoms with Crippen LogP contribution in [0.1, 0.15) is 61.6 Å². The molecule has 0 radical (unpaired) electrons. The molecule has 0 aliphatic heterocycles. The summed E-state index contributed by atoms with van der Waals surface area (Å²) in [4.78, 5) is 4.93. The smallest absolute Gasteiger partial charge is 0.275 e. The first-order valence-corrected chi connectivity index (χ1v) is 12.5. The highest BCUT2D eigenvalue weighted by Gasteiger charge is 2.34. The first-order chi connectivity index (χ1) is 16.1. The normalized spacial score (nSPS) is 15.2. The summed E-state index contributed by atoms with van der Waals surface area (Å²) in [5, 5.41) is 36.0. The Morgan fingerprint density at radius 1 is 1.26 bits per heavy atom. The zero-order valence-corrected chi connectivity index (χ0v) is 21.6. The van der Waals surface area contributed by atoms with Crippen LogP contribution in [0.5, 0.6) is 0 Å². The van der Waals surface area contributed by atoms with Gasteiger partial charge in [-0.25, -0.2) is 0 Å². The van der Waals surface area contributed by atoms with Gasteiger partial charge < -0.3 is 26.3 Å². The lowest BCUT2D eigenvalue weighted by atomic mass is 9.92. The molecule has 1 fully saturated rings. The molecule has 0 amide bonds. The monoisotopic (exact) mass is 484 g/mol. The van der Waals surface area contributed by atoms with Gasteiger partial charge in [-0.3, -0.25) is 4.98 Å². The quantitative estimate of drug-likeness (QED) is 0.183. The van der Waals surface area contributed by atoms with Crippen molar-refractivity contribution in [3.63, 3.8) is 0 Å². The van der Waals surface area contributed by atoms with Crippen LogP contribution in [-0.2, 0) is 25.2 Å². The van der Waals surface area contributed by atoms with Crippen LogP contribution in [0.4, 0.5) is 0 Å². The van der Waals surface area contributed by atoms with Crippen LogP contribution in [0.15, 0.2) is 36.2 Å². The van der Waals surface area contributed by atoms with E-state index in [9.17, 15) is 10.2 Å². The van der Waals surface area contributed by atoms with E-state index in [1.165, 1.54) is 11.1 Å². The third kappa shape index (κ3) is 5.98. The Bertz CT molecular complexity index is 1050. The van der Waals surface area contributed by atoms with Crippen molar-refractivity contribution in [2.45, 2.75) is 71.1 Å². The lowest BCUT2D eigenvalue weighted by Crippen LogP contribution is -2.46. The molecular weight excluding hydrogens is 448 g/mol. The molecule has 3 rings (SSSR count). The van der Waals surface area contributed by atoms with Gasteiger partial charge in [0.05, 0.1) is 17.0 Å². The maximum absolute atomic E-state index is 11.2. The molecule has 7 heteroatoms. The number of aliphatic hydroxyl groups is 2. The van der Waals surface area contributed by atoms with Crippen molar-refractivity contribution in [2.24, 2.45) is 5.92 Å². The molecule has 1 atom stereocenters. The number of aryl methyl sites for hydroxylation is 3. The zero-order chi connectivity index (χ0) is 25.0. The van der Waals surface area contributed by atoms with Crippen LogP contribution < -0.4 is 10.6 Å². The van der Waals surface area contributed by atoms with E-state index in [2.05, 4.69) is 42.7 Å². The fraction of sp³-hybridized carbons (Fsp3) is 0.481.